The molecule has 0 bridgehead atoms. The summed E-state index contributed by atoms with van der Waals surface area (Å²) in [6, 6.07) is 25.5. The lowest BCUT2D eigenvalue weighted by Crippen LogP contribution is -2.37. The fraction of sp³-hybridized carbons (Fsp3) is 0.258. The van der Waals surface area contributed by atoms with Crippen LogP contribution in [-0.2, 0) is 9.59 Å². The fourth-order valence-corrected chi connectivity index (χ4v) is 4.62. The van der Waals surface area contributed by atoms with E-state index in [1.165, 1.54) is 5.01 Å². The second-order valence-corrected chi connectivity index (χ2v) is 9.77. The van der Waals surface area contributed by atoms with E-state index in [4.69, 9.17) is 10.9 Å². The number of rotatable bonds is 9. The number of nitrogens with zero attached hydrogens (tertiary/aromatic N) is 3. The van der Waals surface area contributed by atoms with Crippen LogP contribution < -0.4 is 10.9 Å². The zero-order chi connectivity index (χ0) is 27.2. The van der Waals surface area contributed by atoms with Crippen molar-refractivity contribution in [3.63, 3.8) is 0 Å². The molecule has 1 amide bonds. The van der Waals surface area contributed by atoms with Gasteiger partial charge < -0.3 is 5.11 Å². The van der Waals surface area contributed by atoms with Gasteiger partial charge in [0.25, 0.3) is 0 Å². The number of anilines is 1. The van der Waals surface area contributed by atoms with E-state index in [1.54, 1.807) is 5.01 Å². The Labute approximate surface area is 223 Å². The summed E-state index contributed by atoms with van der Waals surface area (Å²) >= 11 is 0. The third-order valence-electron chi connectivity index (χ3n) is 6.91. The average molecular weight is 511 g/mol. The molecule has 0 saturated heterocycles. The van der Waals surface area contributed by atoms with Crippen LogP contribution in [-0.4, -0.2) is 33.7 Å². The minimum absolute atomic E-state index is 0.0855. The molecule has 7 nitrogen and oxygen atoms in total. The highest BCUT2D eigenvalue weighted by molar-refractivity contribution is 6.03. The maximum absolute atomic E-state index is 13.3. The summed E-state index contributed by atoms with van der Waals surface area (Å²) in [5.74, 6) is 5.09. The molecular weight excluding hydrogens is 476 g/mol. The van der Waals surface area contributed by atoms with E-state index in [9.17, 15) is 14.7 Å². The predicted octanol–water partition coefficient (Wildman–Crippen LogP) is 5.54. The minimum Gasteiger partial charge on any atom is -0.481 e. The first-order valence-corrected chi connectivity index (χ1v) is 12.8. The van der Waals surface area contributed by atoms with Crippen LogP contribution in [0.2, 0.25) is 0 Å². The molecule has 3 N–H and O–H groups in total. The summed E-state index contributed by atoms with van der Waals surface area (Å²) in [4.78, 5) is 24.6. The van der Waals surface area contributed by atoms with E-state index in [0.717, 1.165) is 39.2 Å². The summed E-state index contributed by atoms with van der Waals surface area (Å²) < 4.78 is 0. The number of carbonyl (C=O) groups is 2. The van der Waals surface area contributed by atoms with Crippen molar-refractivity contribution in [1.82, 2.24) is 5.01 Å². The van der Waals surface area contributed by atoms with Gasteiger partial charge in [-0.2, -0.15) is 5.10 Å². The Morgan fingerprint density at radius 2 is 1.61 bits per heavy atom. The van der Waals surface area contributed by atoms with Crippen molar-refractivity contribution in [1.29, 1.82) is 0 Å². The number of carboxylic acids is 1. The molecule has 0 radical (unpaired) electrons. The number of hydrazine groups is 1. The zero-order valence-electron chi connectivity index (χ0n) is 22.0. The van der Waals surface area contributed by atoms with Gasteiger partial charge in [0.2, 0.25) is 5.91 Å². The second-order valence-electron chi connectivity index (χ2n) is 9.77. The number of carbonyl (C=O) groups excluding carboxylic acids is 1. The number of amides is 1. The van der Waals surface area contributed by atoms with Gasteiger partial charge in [0.15, 0.2) is 0 Å². The molecule has 0 spiro atoms. The highest BCUT2D eigenvalue weighted by atomic mass is 16.4. The highest BCUT2D eigenvalue weighted by Crippen LogP contribution is 2.35. The number of carboxylic acid groups (broad SMARTS) is 1. The molecule has 2 unspecified atom stereocenters. The van der Waals surface area contributed by atoms with Crippen LogP contribution in [0.3, 0.4) is 0 Å². The topological polar surface area (TPSA) is 99.2 Å². The summed E-state index contributed by atoms with van der Waals surface area (Å²) in [7, 11) is 0. The second kappa shape index (κ2) is 11.9. The minimum atomic E-state index is -1.02. The van der Waals surface area contributed by atoms with Gasteiger partial charge in [0.05, 0.1) is 23.9 Å². The Hall–Kier alpha value is -4.23. The smallest absolute Gasteiger partial charge is 0.303 e. The molecule has 38 heavy (non-hydrogen) atoms. The SMILES string of the molecule is Cc1ccc(C2=NN(C(=O)CCC(=O)O)C(/C(=C/N(N)c3ccccc3)C(C)c3ccc(C)cc3)C2)cc1. The molecule has 0 fully saturated rings. The molecule has 1 heterocycles. The van der Waals surface area contributed by atoms with Crippen LogP contribution in [0.4, 0.5) is 5.69 Å². The van der Waals surface area contributed by atoms with Gasteiger partial charge in [-0.3, -0.25) is 14.6 Å². The lowest BCUT2D eigenvalue weighted by Gasteiger charge is -2.30. The normalized spacial score (nSPS) is 16.2. The molecule has 2 atom stereocenters. The quantitative estimate of drug-likeness (QED) is 0.291. The van der Waals surface area contributed by atoms with Crippen LogP contribution in [0, 0.1) is 13.8 Å². The lowest BCUT2D eigenvalue weighted by atomic mass is 9.85. The molecule has 196 valence electrons. The number of benzene rings is 3. The monoisotopic (exact) mass is 510 g/mol. The Morgan fingerprint density at radius 3 is 2.21 bits per heavy atom. The van der Waals surface area contributed by atoms with E-state index in [1.807, 2.05) is 74.6 Å². The predicted molar refractivity (Wildman–Crippen MR) is 151 cm³/mol. The van der Waals surface area contributed by atoms with Crippen molar-refractivity contribution < 1.29 is 14.7 Å². The molecule has 3 aromatic rings. The van der Waals surface area contributed by atoms with E-state index >= 15 is 0 Å². The molecule has 0 aromatic heterocycles. The molecule has 4 rings (SSSR count). The highest BCUT2D eigenvalue weighted by Gasteiger charge is 2.37. The van der Waals surface area contributed by atoms with Gasteiger partial charge in [0.1, 0.15) is 0 Å². The largest absolute Gasteiger partial charge is 0.481 e. The molecular formula is C31H34N4O3. The molecule has 0 aliphatic carbocycles. The van der Waals surface area contributed by atoms with Crippen LogP contribution >= 0.6 is 0 Å². The van der Waals surface area contributed by atoms with Crippen molar-refractivity contribution in [3.8, 4) is 0 Å². The first-order valence-electron chi connectivity index (χ1n) is 12.8. The van der Waals surface area contributed by atoms with Crippen molar-refractivity contribution in [2.24, 2.45) is 10.9 Å². The summed E-state index contributed by atoms with van der Waals surface area (Å²) in [5.41, 5.74) is 6.82. The number of aliphatic carboxylic acids is 1. The van der Waals surface area contributed by atoms with Crippen LogP contribution in [0.25, 0.3) is 0 Å². The standard InChI is InChI=1S/C31H34N4O3/c1-21-9-13-24(14-10-21)23(3)27(20-34(32)26-7-5-4-6-8-26)29-19-28(25-15-11-22(2)12-16-25)33-35(29)30(36)17-18-31(37)38/h4-16,20,23,29H,17-19,32H2,1-3H3,(H,37,38)/b27-20+. The van der Waals surface area contributed by atoms with Crippen LogP contribution in [0.15, 0.2) is 95.7 Å². The van der Waals surface area contributed by atoms with Gasteiger partial charge in [-0.15, -0.1) is 0 Å². The van der Waals surface area contributed by atoms with E-state index in [-0.39, 0.29) is 24.7 Å². The maximum Gasteiger partial charge on any atom is 0.303 e. The maximum atomic E-state index is 13.3. The van der Waals surface area contributed by atoms with E-state index in [2.05, 4.69) is 31.2 Å². The van der Waals surface area contributed by atoms with Gasteiger partial charge >= 0.3 is 5.97 Å². The molecule has 3 aromatic carbocycles. The van der Waals surface area contributed by atoms with Gasteiger partial charge in [0, 0.05) is 25.0 Å². The lowest BCUT2D eigenvalue weighted by molar-refractivity contribution is -0.141. The Morgan fingerprint density at radius 1 is 1.00 bits per heavy atom. The zero-order valence-corrected chi connectivity index (χ0v) is 22.0. The van der Waals surface area contributed by atoms with Crippen LogP contribution in [0.1, 0.15) is 54.4 Å². The van der Waals surface area contributed by atoms with Crippen molar-refractivity contribution in [2.45, 2.75) is 52.0 Å². The average Bonchev–Trinajstić information content (AvgIpc) is 3.36. The van der Waals surface area contributed by atoms with Crippen molar-refractivity contribution in [2.75, 3.05) is 5.01 Å². The first-order chi connectivity index (χ1) is 18.2. The Kier molecular flexibility index (Phi) is 8.38. The van der Waals surface area contributed by atoms with E-state index in [0.29, 0.717) is 6.42 Å². The number of hydrogen-bond acceptors (Lipinski definition) is 5. The van der Waals surface area contributed by atoms with Crippen molar-refractivity contribution >= 4 is 23.3 Å². The van der Waals surface area contributed by atoms with Gasteiger partial charge in [-0.05, 0) is 42.7 Å². The number of aryl methyl sites for hydroxylation is 2. The van der Waals surface area contributed by atoms with E-state index < -0.39 is 12.0 Å². The van der Waals surface area contributed by atoms with Gasteiger partial charge in [-0.1, -0.05) is 84.8 Å². The van der Waals surface area contributed by atoms with Crippen LogP contribution in [0.5, 0.6) is 0 Å². The third-order valence-corrected chi connectivity index (χ3v) is 6.91. The fourth-order valence-electron chi connectivity index (χ4n) is 4.62. The third kappa shape index (κ3) is 6.36. The summed E-state index contributed by atoms with van der Waals surface area (Å²) in [6.45, 7) is 6.16. The van der Waals surface area contributed by atoms with Gasteiger partial charge in [-0.25, -0.2) is 10.9 Å². The summed E-state index contributed by atoms with van der Waals surface area (Å²) in [6.07, 6.45) is 1.99. The number of nitrogens with two attached hydrogens (primary N) is 1. The first kappa shape index (κ1) is 26.8. The Bertz CT molecular complexity index is 1330. The molecule has 1 aliphatic rings. The number of hydrogen-bond donors (Lipinski definition) is 2. The van der Waals surface area contributed by atoms with Crippen molar-refractivity contribution in [3.05, 3.63) is 113 Å². The molecule has 0 saturated carbocycles. The Balaban J connectivity index is 1.77. The molecule has 1 aliphatic heterocycles. The number of para-hydroxylation sites is 1. The molecule has 7 heteroatoms. The number of hydrazone groups is 1. The summed E-state index contributed by atoms with van der Waals surface area (Å²) in [5, 5.41) is 17.0.